The van der Waals surface area contributed by atoms with Gasteiger partial charge in [0.1, 0.15) is 0 Å². The van der Waals surface area contributed by atoms with E-state index in [-0.39, 0.29) is 5.60 Å². The Labute approximate surface area is 80.6 Å². The van der Waals surface area contributed by atoms with E-state index in [2.05, 4.69) is 24.8 Å². The molecule has 0 unspecified atom stereocenters. The molecule has 0 amide bonds. The van der Waals surface area contributed by atoms with E-state index in [1.165, 1.54) is 38.0 Å². The lowest BCUT2D eigenvalue weighted by Gasteiger charge is -2.37. The van der Waals surface area contributed by atoms with Gasteiger partial charge in [0.25, 0.3) is 0 Å². The first-order valence-electron chi connectivity index (χ1n) is 5.29. The van der Waals surface area contributed by atoms with Crippen molar-refractivity contribution in [2.24, 2.45) is 0 Å². The van der Waals surface area contributed by atoms with E-state index in [9.17, 15) is 0 Å². The molecule has 0 aliphatic carbocycles. The lowest BCUT2D eigenvalue weighted by Crippen LogP contribution is -2.43. The summed E-state index contributed by atoms with van der Waals surface area (Å²) in [7, 11) is 0. The molecule has 1 spiro atoms. The van der Waals surface area contributed by atoms with Gasteiger partial charge in [-0.15, -0.1) is 0 Å². The highest BCUT2D eigenvalue weighted by Crippen LogP contribution is 2.33. The summed E-state index contributed by atoms with van der Waals surface area (Å²) in [5.41, 5.74) is 1.53. The third-order valence-corrected chi connectivity index (χ3v) is 3.25. The summed E-state index contributed by atoms with van der Waals surface area (Å²) in [6.45, 7) is 8.82. The molecule has 2 aliphatic rings. The monoisotopic (exact) mass is 181 g/mol. The second-order valence-electron chi connectivity index (χ2n) is 4.28. The van der Waals surface area contributed by atoms with Crippen molar-refractivity contribution in [3.8, 4) is 0 Å². The van der Waals surface area contributed by atoms with Gasteiger partial charge in [-0.25, -0.2) is 0 Å². The van der Waals surface area contributed by atoms with Crippen LogP contribution in [0, 0.1) is 0 Å². The van der Waals surface area contributed by atoms with E-state index in [0.717, 1.165) is 6.61 Å². The number of rotatable bonds is 1. The van der Waals surface area contributed by atoms with E-state index >= 15 is 0 Å². The zero-order valence-corrected chi connectivity index (χ0v) is 8.68. The zero-order chi connectivity index (χ0) is 9.31. The molecule has 74 valence electrons. The smallest absolute Gasteiger partial charge is 0.0894 e. The number of piperidine rings is 1. The summed E-state index contributed by atoms with van der Waals surface area (Å²) in [5.74, 6) is 0. The second-order valence-corrected chi connectivity index (χ2v) is 4.28. The average Bonchev–Trinajstić information content (AvgIpc) is 2.49. The minimum absolute atomic E-state index is 0.121. The van der Waals surface area contributed by atoms with Crippen molar-refractivity contribution < 1.29 is 4.74 Å². The fourth-order valence-corrected chi connectivity index (χ4v) is 2.33. The zero-order valence-electron chi connectivity index (χ0n) is 8.68. The van der Waals surface area contributed by atoms with Crippen LogP contribution in [-0.4, -0.2) is 36.7 Å². The van der Waals surface area contributed by atoms with Crippen molar-refractivity contribution in [3.05, 3.63) is 11.6 Å². The van der Waals surface area contributed by atoms with Crippen molar-refractivity contribution >= 4 is 0 Å². The van der Waals surface area contributed by atoms with Crippen LogP contribution < -0.4 is 0 Å². The summed E-state index contributed by atoms with van der Waals surface area (Å²) in [4.78, 5) is 2.50. The van der Waals surface area contributed by atoms with Gasteiger partial charge in [-0.05, 0) is 31.9 Å². The maximum Gasteiger partial charge on any atom is 0.0894 e. The highest BCUT2D eigenvalue weighted by molar-refractivity contribution is 5.17. The van der Waals surface area contributed by atoms with E-state index in [1.807, 2.05) is 0 Å². The van der Waals surface area contributed by atoms with Gasteiger partial charge in [-0.3, -0.25) is 0 Å². The van der Waals surface area contributed by atoms with E-state index < -0.39 is 0 Å². The van der Waals surface area contributed by atoms with E-state index in [0.29, 0.717) is 0 Å². The van der Waals surface area contributed by atoms with Crippen LogP contribution in [0.5, 0.6) is 0 Å². The highest BCUT2D eigenvalue weighted by atomic mass is 16.5. The van der Waals surface area contributed by atoms with Crippen LogP contribution in [0.4, 0.5) is 0 Å². The van der Waals surface area contributed by atoms with Gasteiger partial charge in [-0.2, -0.15) is 0 Å². The van der Waals surface area contributed by atoms with Crippen molar-refractivity contribution in [1.29, 1.82) is 0 Å². The Morgan fingerprint density at radius 3 is 2.62 bits per heavy atom. The Balaban J connectivity index is 1.97. The Kier molecular flexibility index (Phi) is 2.43. The van der Waals surface area contributed by atoms with E-state index in [1.54, 1.807) is 0 Å². The molecule has 0 aromatic carbocycles. The minimum atomic E-state index is 0.121. The van der Waals surface area contributed by atoms with Gasteiger partial charge in [0.15, 0.2) is 0 Å². The van der Waals surface area contributed by atoms with Crippen molar-refractivity contribution in [2.75, 3.05) is 26.2 Å². The van der Waals surface area contributed by atoms with Crippen molar-refractivity contribution in [2.45, 2.75) is 32.3 Å². The van der Waals surface area contributed by atoms with Crippen LogP contribution >= 0.6 is 0 Å². The van der Waals surface area contributed by atoms with Gasteiger partial charge < -0.3 is 9.64 Å². The Bertz CT molecular complexity index is 214. The molecule has 0 bridgehead atoms. The summed E-state index contributed by atoms with van der Waals surface area (Å²) in [5, 5.41) is 0. The highest BCUT2D eigenvalue weighted by Gasteiger charge is 2.36. The first-order chi connectivity index (χ1) is 6.24. The van der Waals surface area contributed by atoms with Gasteiger partial charge in [-0.1, -0.05) is 13.0 Å². The molecule has 0 atom stereocenters. The molecule has 1 saturated heterocycles. The van der Waals surface area contributed by atoms with Gasteiger partial charge >= 0.3 is 0 Å². The molecule has 2 heteroatoms. The average molecular weight is 181 g/mol. The number of hydrogen-bond acceptors (Lipinski definition) is 2. The fourth-order valence-electron chi connectivity index (χ4n) is 2.33. The molecule has 13 heavy (non-hydrogen) atoms. The standard InChI is InChI=1S/C11H19NO/c1-3-12-6-4-11(5-7-12)8-10(2)9-13-11/h8H,3-7,9H2,1-2H3. The molecule has 2 aliphatic heterocycles. The van der Waals surface area contributed by atoms with Gasteiger partial charge in [0.05, 0.1) is 12.2 Å². The van der Waals surface area contributed by atoms with Crippen LogP contribution in [0.25, 0.3) is 0 Å². The van der Waals surface area contributed by atoms with Crippen LogP contribution in [0.2, 0.25) is 0 Å². The van der Waals surface area contributed by atoms with Crippen LogP contribution in [-0.2, 0) is 4.74 Å². The minimum Gasteiger partial charge on any atom is -0.366 e. The molecule has 0 radical (unpaired) electrons. The molecule has 2 nitrogen and oxygen atoms in total. The molecule has 0 aromatic heterocycles. The van der Waals surface area contributed by atoms with Gasteiger partial charge in [0.2, 0.25) is 0 Å². The molecular formula is C11H19NO. The van der Waals surface area contributed by atoms with Crippen LogP contribution in [0.3, 0.4) is 0 Å². The first-order valence-corrected chi connectivity index (χ1v) is 5.29. The van der Waals surface area contributed by atoms with Crippen molar-refractivity contribution in [1.82, 2.24) is 4.90 Å². The maximum atomic E-state index is 5.87. The molecule has 2 heterocycles. The van der Waals surface area contributed by atoms with Gasteiger partial charge in [0, 0.05) is 13.1 Å². The number of hydrogen-bond donors (Lipinski definition) is 0. The Hall–Kier alpha value is -0.340. The SMILES string of the molecule is CCN1CCC2(C=C(C)CO2)CC1. The lowest BCUT2D eigenvalue weighted by molar-refractivity contribution is -0.0231. The molecule has 0 N–H and O–H groups in total. The third kappa shape index (κ3) is 1.79. The molecule has 2 rings (SSSR count). The second kappa shape index (κ2) is 3.43. The third-order valence-electron chi connectivity index (χ3n) is 3.25. The van der Waals surface area contributed by atoms with Crippen LogP contribution in [0.1, 0.15) is 26.7 Å². The number of nitrogens with zero attached hydrogens (tertiary/aromatic N) is 1. The predicted molar refractivity (Wildman–Crippen MR) is 53.8 cm³/mol. The van der Waals surface area contributed by atoms with E-state index in [4.69, 9.17) is 4.74 Å². The predicted octanol–water partition coefficient (Wildman–Crippen LogP) is 1.82. The molecular weight excluding hydrogens is 162 g/mol. The molecule has 0 aromatic rings. The number of likely N-dealkylation sites (tertiary alicyclic amines) is 1. The largest absolute Gasteiger partial charge is 0.366 e. The number of ether oxygens (including phenoxy) is 1. The summed E-state index contributed by atoms with van der Waals surface area (Å²) in [6.07, 6.45) is 4.70. The molecule has 0 saturated carbocycles. The normalized spacial score (nSPS) is 28.0. The summed E-state index contributed by atoms with van der Waals surface area (Å²) < 4.78 is 5.87. The Morgan fingerprint density at radius 1 is 1.46 bits per heavy atom. The fraction of sp³-hybridized carbons (Fsp3) is 0.818. The van der Waals surface area contributed by atoms with Crippen LogP contribution in [0.15, 0.2) is 11.6 Å². The maximum absolute atomic E-state index is 5.87. The first kappa shape index (κ1) is 9.22. The summed E-state index contributed by atoms with van der Waals surface area (Å²) >= 11 is 0. The molecule has 1 fully saturated rings. The quantitative estimate of drug-likeness (QED) is 0.572. The lowest BCUT2D eigenvalue weighted by atomic mass is 9.91. The Morgan fingerprint density at radius 2 is 2.15 bits per heavy atom. The summed E-state index contributed by atoms with van der Waals surface area (Å²) in [6, 6.07) is 0. The van der Waals surface area contributed by atoms with Crippen molar-refractivity contribution in [3.63, 3.8) is 0 Å². The topological polar surface area (TPSA) is 12.5 Å².